The smallest absolute Gasteiger partial charge is 0.226 e. The van der Waals surface area contributed by atoms with E-state index in [1.54, 1.807) is 18.0 Å². The van der Waals surface area contributed by atoms with Gasteiger partial charge in [0.2, 0.25) is 5.91 Å². The summed E-state index contributed by atoms with van der Waals surface area (Å²) in [4.78, 5) is 15.2. The average molecular weight is 222 g/mol. The molecule has 16 heavy (non-hydrogen) atoms. The van der Waals surface area contributed by atoms with Crippen molar-refractivity contribution in [3.8, 4) is 0 Å². The monoisotopic (exact) mass is 222 g/mol. The van der Waals surface area contributed by atoms with E-state index in [2.05, 4.69) is 0 Å². The molecule has 0 bridgehead atoms. The second kappa shape index (κ2) is 4.29. The van der Waals surface area contributed by atoms with Gasteiger partial charge in [-0.3, -0.25) is 4.79 Å². The first-order valence-corrected chi connectivity index (χ1v) is 5.76. The topological polar surface area (TPSA) is 43.8 Å². The normalized spacial score (nSPS) is 25.9. The molecule has 1 fully saturated rings. The highest BCUT2D eigenvalue weighted by atomic mass is 16.3. The van der Waals surface area contributed by atoms with E-state index in [1.165, 1.54) is 0 Å². The van der Waals surface area contributed by atoms with E-state index in [-0.39, 0.29) is 5.91 Å². The van der Waals surface area contributed by atoms with Crippen molar-refractivity contribution in [3.63, 3.8) is 0 Å². The van der Waals surface area contributed by atoms with Crippen molar-refractivity contribution < 1.29 is 9.90 Å². The van der Waals surface area contributed by atoms with Crippen LogP contribution >= 0.6 is 0 Å². The van der Waals surface area contributed by atoms with Crippen molar-refractivity contribution in [2.24, 2.45) is 0 Å². The fourth-order valence-electron chi connectivity index (χ4n) is 2.22. The number of rotatable bonds is 1. The Balaban J connectivity index is 2.33. The van der Waals surface area contributed by atoms with Crippen LogP contribution in [0.1, 0.15) is 26.2 Å². The molecule has 0 spiro atoms. The second-order valence-electron chi connectivity index (χ2n) is 4.26. The van der Waals surface area contributed by atoms with Crippen LogP contribution in [-0.4, -0.2) is 40.6 Å². The van der Waals surface area contributed by atoms with E-state index in [0.29, 0.717) is 6.42 Å². The summed E-state index contributed by atoms with van der Waals surface area (Å²) < 4.78 is 0. The molecular weight excluding hydrogens is 204 g/mol. The molecule has 88 valence electrons. The number of hydrogen-bond acceptors (Lipinski definition) is 3. The summed E-state index contributed by atoms with van der Waals surface area (Å²) in [6, 6.07) is 0. The summed E-state index contributed by atoms with van der Waals surface area (Å²) in [6.45, 7) is 2.77. The lowest BCUT2D eigenvalue weighted by Crippen LogP contribution is -2.35. The molecular formula is C12H18N2O2. The van der Waals surface area contributed by atoms with Crippen molar-refractivity contribution in [2.75, 3.05) is 13.6 Å². The highest BCUT2D eigenvalue weighted by Gasteiger charge is 2.26. The maximum Gasteiger partial charge on any atom is 0.226 e. The van der Waals surface area contributed by atoms with Crippen LogP contribution in [0.15, 0.2) is 23.5 Å². The van der Waals surface area contributed by atoms with Gasteiger partial charge in [-0.1, -0.05) is 0 Å². The molecule has 0 aromatic rings. The number of fused-ring (bicyclic) bond motifs is 1. The number of amides is 1. The molecule has 2 heterocycles. The molecule has 0 radical (unpaired) electrons. The van der Waals surface area contributed by atoms with Gasteiger partial charge in [0.15, 0.2) is 0 Å². The molecule has 4 nitrogen and oxygen atoms in total. The number of likely N-dealkylation sites (N-methyl/N-ethyl adjacent to an activating group) is 2. The van der Waals surface area contributed by atoms with E-state index >= 15 is 0 Å². The largest absolute Gasteiger partial charge is 0.370 e. The lowest BCUT2D eigenvalue weighted by Gasteiger charge is -2.32. The Labute approximate surface area is 95.8 Å². The SMILES string of the molecule is CCN1C=C2CCCC(=O)N(C)C2=CC1O. The van der Waals surface area contributed by atoms with Crippen LogP contribution in [0.4, 0.5) is 0 Å². The Bertz CT molecular complexity index is 360. The Morgan fingerprint density at radius 3 is 2.94 bits per heavy atom. The lowest BCUT2D eigenvalue weighted by molar-refractivity contribution is -0.127. The summed E-state index contributed by atoms with van der Waals surface area (Å²) in [7, 11) is 1.78. The van der Waals surface area contributed by atoms with Crippen molar-refractivity contribution >= 4 is 5.91 Å². The first kappa shape index (κ1) is 11.2. The standard InChI is InChI=1S/C12H18N2O2/c1-3-14-8-9-5-4-6-11(15)13(2)10(9)7-12(14)16/h7-8,12,16H,3-6H2,1-2H3. The van der Waals surface area contributed by atoms with E-state index in [9.17, 15) is 9.90 Å². The first-order chi connectivity index (χ1) is 7.63. The zero-order valence-corrected chi connectivity index (χ0v) is 9.81. The molecule has 1 unspecified atom stereocenters. The van der Waals surface area contributed by atoms with Gasteiger partial charge in [-0.15, -0.1) is 0 Å². The van der Waals surface area contributed by atoms with Crippen LogP contribution in [0.5, 0.6) is 0 Å². The second-order valence-corrected chi connectivity index (χ2v) is 4.26. The van der Waals surface area contributed by atoms with Gasteiger partial charge < -0.3 is 14.9 Å². The fourth-order valence-corrected chi connectivity index (χ4v) is 2.22. The average Bonchev–Trinajstić information content (AvgIpc) is 2.40. The quantitative estimate of drug-likeness (QED) is 0.721. The molecule has 4 heteroatoms. The predicted octanol–water partition coefficient (Wildman–Crippen LogP) is 1.05. The Morgan fingerprint density at radius 2 is 2.25 bits per heavy atom. The van der Waals surface area contributed by atoms with Crippen LogP contribution in [0.25, 0.3) is 0 Å². The van der Waals surface area contributed by atoms with Gasteiger partial charge in [-0.05, 0) is 31.4 Å². The Kier molecular flexibility index (Phi) is 3.01. The summed E-state index contributed by atoms with van der Waals surface area (Å²) in [5.41, 5.74) is 2.03. The van der Waals surface area contributed by atoms with Gasteiger partial charge in [0.1, 0.15) is 6.23 Å². The summed E-state index contributed by atoms with van der Waals surface area (Å²) >= 11 is 0. The highest BCUT2D eigenvalue weighted by molar-refractivity contribution is 5.79. The minimum Gasteiger partial charge on any atom is -0.370 e. The van der Waals surface area contributed by atoms with E-state index in [1.807, 2.05) is 18.0 Å². The van der Waals surface area contributed by atoms with Crippen LogP contribution in [0.2, 0.25) is 0 Å². The molecule has 2 aliphatic heterocycles. The van der Waals surface area contributed by atoms with Gasteiger partial charge >= 0.3 is 0 Å². The molecule has 0 aromatic carbocycles. The van der Waals surface area contributed by atoms with Gasteiger partial charge in [0, 0.05) is 31.9 Å². The van der Waals surface area contributed by atoms with E-state index in [0.717, 1.165) is 30.7 Å². The third kappa shape index (κ3) is 1.85. The number of hydrogen-bond donors (Lipinski definition) is 1. The van der Waals surface area contributed by atoms with Crippen molar-refractivity contribution in [3.05, 3.63) is 23.5 Å². The predicted molar refractivity (Wildman–Crippen MR) is 61.2 cm³/mol. The van der Waals surface area contributed by atoms with Gasteiger partial charge in [-0.25, -0.2) is 0 Å². The number of carbonyl (C=O) groups is 1. The van der Waals surface area contributed by atoms with Crippen LogP contribution in [0, 0.1) is 0 Å². The summed E-state index contributed by atoms with van der Waals surface area (Å²) in [6.07, 6.45) is 5.52. The molecule has 2 aliphatic rings. The fraction of sp³-hybridized carbons (Fsp3) is 0.583. The van der Waals surface area contributed by atoms with Crippen molar-refractivity contribution in [1.82, 2.24) is 9.80 Å². The lowest BCUT2D eigenvalue weighted by atomic mass is 10.0. The van der Waals surface area contributed by atoms with Gasteiger partial charge in [-0.2, -0.15) is 0 Å². The summed E-state index contributed by atoms with van der Waals surface area (Å²) in [5, 5.41) is 9.87. The summed E-state index contributed by atoms with van der Waals surface area (Å²) in [5.74, 6) is 0.131. The highest BCUT2D eigenvalue weighted by Crippen LogP contribution is 2.29. The number of allylic oxidation sites excluding steroid dienone is 1. The minimum atomic E-state index is -0.614. The van der Waals surface area contributed by atoms with Crippen molar-refractivity contribution in [1.29, 1.82) is 0 Å². The molecule has 1 N–H and O–H groups in total. The first-order valence-electron chi connectivity index (χ1n) is 5.76. The van der Waals surface area contributed by atoms with Gasteiger partial charge in [0.05, 0.1) is 0 Å². The number of carbonyl (C=O) groups excluding carboxylic acids is 1. The molecule has 1 amide bonds. The number of aliphatic hydroxyl groups excluding tert-OH is 1. The van der Waals surface area contributed by atoms with Crippen LogP contribution in [0.3, 0.4) is 0 Å². The third-order valence-corrected chi connectivity index (χ3v) is 3.23. The van der Waals surface area contributed by atoms with Crippen LogP contribution in [-0.2, 0) is 4.79 Å². The third-order valence-electron chi connectivity index (χ3n) is 3.23. The minimum absolute atomic E-state index is 0.131. The molecule has 0 saturated carbocycles. The number of nitrogens with zero attached hydrogens (tertiary/aromatic N) is 2. The maximum absolute atomic E-state index is 11.7. The van der Waals surface area contributed by atoms with E-state index in [4.69, 9.17) is 0 Å². The Morgan fingerprint density at radius 1 is 1.50 bits per heavy atom. The Hall–Kier alpha value is -1.29. The van der Waals surface area contributed by atoms with Gasteiger partial charge in [0.25, 0.3) is 0 Å². The molecule has 1 atom stereocenters. The maximum atomic E-state index is 11.7. The zero-order chi connectivity index (χ0) is 11.7. The van der Waals surface area contributed by atoms with E-state index < -0.39 is 6.23 Å². The molecule has 2 rings (SSSR count). The van der Waals surface area contributed by atoms with Crippen molar-refractivity contribution in [2.45, 2.75) is 32.4 Å². The van der Waals surface area contributed by atoms with Crippen LogP contribution < -0.4 is 0 Å². The zero-order valence-electron chi connectivity index (χ0n) is 9.81. The molecule has 0 aromatic heterocycles. The molecule has 1 saturated heterocycles. The number of aliphatic hydroxyl groups is 1. The molecule has 0 aliphatic carbocycles. The number of likely N-dealkylation sites (tertiary alicyclic amines) is 1.